The number of nitrogens with one attached hydrogen (secondary N) is 1. The molecule has 3 heterocycles. The van der Waals surface area contributed by atoms with Gasteiger partial charge < -0.3 is 19.6 Å². The van der Waals surface area contributed by atoms with E-state index >= 15 is 0 Å². The number of hydrogen-bond acceptors (Lipinski definition) is 8. The van der Waals surface area contributed by atoms with E-state index in [9.17, 15) is 19.5 Å². The number of aliphatic hydroxyl groups excluding tert-OH is 1. The lowest BCUT2D eigenvalue weighted by atomic mass is 10.1. The molecule has 26 heavy (non-hydrogen) atoms. The summed E-state index contributed by atoms with van der Waals surface area (Å²) in [4.78, 5) is 40.7. The molecule has 0 spiro atoms. The third kappa shape index (κ3) is 3.09. The Bertz CT molecular complexity index is 1070. The smallest absolute Gasteiger partial charge is 0.350 e. The third-order valence-electron chi connectivity index (χ3n) is 3.74. The van der Waals surface area contributed by atoms with E-state index in [1.54, 1.807) is 12.3 Å². The molecule has 2 N–H and O–H groups in total. The van der Waals surface area contributed by atoms with E-state index in [1.165, 1.54) is 25.4 Å². The van der Waals surface area contributed by atoms with Crippen LogP contribution in [-0.4, -0.2) is 29.1 Å². The summed E-state index contributed by atoms with van der Waals surface area (Å²) in [6.45, 7) is 1.33. The number of ether oxygens (including phenoxy) is 1. The number of pyridine rings is 1. The fraction of sp³-hybridized carbons (Fsp3) is 0.176. The van der Waals surface area contributed by atoms with Crippen molar-refractivity contribution in [3.8, 4) is 0 Å². The van der Waals surface area contributed by atoms with Gasteiger partial charge in [0.2, 0.25) is 0 Å². The van der Waals surface area contributed by atoms with Gasteiger partial charge in [-0.25, -0.2) is 9.59 Å². The number of carbonyl (C=O) groups is 2. The van der Waals surface area contributed by atoms with Crippen LogP contribution >= 0.6 is 11.3 Å². The van der Waals surface area contributed by atoms with E-state index in [2.05, 4.69) is 15.0 Å². The van der Waals surface area contributed by atoms with Crippen LogP contribution in [0.2, 0.25) is 0 Å². The number of methoxy groups -OCH3 is 1. The molecule has 9 heteroatoms. The lowest BCUT2D eigenvalue weighted by Crippen LogP contribution is -2.21. The average molecular weight is 374 g/mol. The van der Waals surface area contributed by atoms with Crippen molar-refractivity contribution in [1.29, 1.82) is 0 Å². The van der Waals surface area contributed by atoms with E-state index in [0.29, 0.717) is 16.6 Å². The fourth-order valence-corrected chi connectivity index (χ4v) is 3.18. The molecule has 1 amide bonds. The van der Waals surface area contributed by atoms with Gasteiger partial charge in [0.1, 0.15) is 10.4 Å². The Labute approximate surface area is 151 Å². The van der Waals surface area contributed by atoms with Crippen molar-refractivity contribution < 1.29 is 23.8 Å². The van der Waals surface area contributed by atoms with Crippen LogP contribution in [-0.2, 0) is 11.3 Å². The first-order valence-electron chi connectivity index (χ1n) is 7.46. The Hall–Kier alpha value is -3.04. The number of nitrogens with zero attached hydrogens (tertiary/aromatic N) is 1. The summed E-state index contributed by atoms with van der Waals surface area (Å²) >= 11 is 1.10. The van der Waals surface area contributed by atoms with Gasteiger partial charge in [-0.3, -0.25) is 9.78 Å². The SMILES string of the molecule is COC(=O)c1sccc1NC(=O)c1cc2c(CO)cnc(C)c2oc1=O. The van der Waals surface area contributed by atoms with Crippen LogP contribution in [0.15, 0.2) is 32.9 Å². The number of rotatable bonds is 4. The number of fused-ring (bicyclic) bond motifs is 1. The topological polar surface area (TPSA) is 119 Å². The highest BCUT2D eigenvalue weighted by molar-refractivity contribution is 7.12. The molecule has 3 aromatic rings. The zero-order valence-electron chi connectivity index (χ0n) is 13.9. The highest BCUT2D eigenvalue weighted by atomic mass is 32.1. The first kappa shape index (κ1) is 17.8. The molecule has 3 rings (SSSR count). The third-order valence-corrected chi connectivity index (χ3v) is 4.63. The van der Waals surface area contributed by atoms with Gasteiger partial charge in [-0.1, -0.05) is 0 Å². The molecule has 0 unspecified atom stereocenters. The quantitative estimate of drug-likeness (QED) is 0.671. The summed E-state index contributed by atoms with van der Waals surface area (Å²) in [5.41, 5.74) is 0.245. The lowest BCUT2D eigenvalue weighted by Gasteiger charge is -2.08. The maximum atomic E-state index is 12.5. The normalized spacial score (nSPS) is 10.7. The fourth-order valence-electron chi connectivity index (χ4n) is 2.41. The number of aromatic nitrogens is 1. The van der Waals surface area contributed by atoms with Crippen molar-refractivity contribution in [3.05, 3.63) is 55.8 Å². The van der Waals surface area contributed by atoms with Gasteiger partial charge in [-0.15, -0.1) is 11.3 Å². The molecule has 3 aromatic heterocycles. The molecule has 0 aliphatic heterocycles. The summed E-state index contributed by atoms with van der Waals surface area (Å²) in [6, 6.07) is 2.88. The van der Waals surface area contributed by atoms with Crippen molar-refractivity contribution in [1.82, 2.24) is 4.98 Å². The minimum absolute atomic E-state index is 0.210. The predicted molar refractivity (Wildman–Crippen MR) is 94.6 cm³/mol. The molecule has 0 radical (unpaired) electrons. The molecule has 0 aromatic carbocycles. The number of aliphatic hydroxyl groups is 1. The number of hydrogen-bond donors (Lipinski definition) is 2. The second kappa shape index (κ2) is 7.06. The van der Waals surface area contributed by atoms with Gasteiger partial charge in [0.15, 0.2) is 5.58 Å². The molecule has 0 fully saturated rings. The van der Waals surface area contributed by atoms with Crippen molar-refractivity contribution in [2.24, 2.45) is 0 Å². The number of esters is 1. The summed E-state index contributed by atoms with van der Waals surface area (Å²) < 4.78 is 9.88. The molecule has 8 nitrogen and oxygen atoms in total. The Balaban J connectivity index is 2.04. The van der Waals surface area contributed by atoms with Crippen molar-refractivity contribution in [3.63, 3.8) is 0 Å². The van der Waals surface area contributed by atoms with E-state index in [1.807, 2.05) is 0 Å². The highest BCUT2D eigenvalue weighted by Crippen LogP contribution is 2.25. The molecule has 0 aliphatic rings. The minimum Gasteiger partial charge on any atom is -0.465 e. The molecular formula is C17H14N2O6S. The summed E-state index contributed by atoms with van der Waals surface area (Å²) in [5.74, 6) is -1.33. The van der Waals surface area contributed by atoms with Crippen molar-refractivity contribution in [2.75, 3.05) is 12.4 Å². The molecule has 134 valence electrons. The van der Waals surface area contributed by atoms with Gasteiger partial charge in [0.05, 0.1) is 25.1 Å². The summed E-state index contributed by atoms with van der Waals surface area (Å²) in [7, 11) is 1.23. The maximum Gasteiger partial charge on any atom is 0.350 e. The molecule has 0 saturated heterocycles. The summed E-state index contributed by atoms with van der Waals surface area (Å²) in [6.07, 6.45) is 1.45. The molecule has 0 saturated carbocycles. The number of thiophene rings is 1. The lowest BCUT2D eigenvalue weighted by molar-refractivity contribution is 0.0607. The molecule has 0 bridgehead atoms. The van der Waals surface area contributed by atoms with Gasteiger partial charge in [-0.05, 0) is 24.4 Å². The second-order valence-electron chi connectivity index (χ2n) is 5.33. The van der Waals surface area contributed by atoms with Crippen LogP contribution in [0.4, 0.5) is 5.69 Å². The van der Waals surface area contributed by atoms with Crippen molar-refractivity contribution >= 4 is 39.9 Å². The maximum absolute atomic E-state index is 12.5. The molecular weight excluding hydrogens is 360 g/mol. The number of amides is 1. The molecule has 0 aliphatic carbocycles. The zero-order valence-corrected chi connectivity index (χ0v) is 14.7. The number of aryl methyl sites for hydroxylation is 1. The first-order valence-corrected chi connectivity index (χ1v) is 8.34. The number of anilines is 1. The van der Waals surface area contributed by atoms with Crippen LogP contribution in [0.5, 0.6) is 0 Å². The van der Waals surface area contributed by atoms with E-state index in [-0.39, 0.29) is 28.3 Å². The first-order chi connectivity index (χ1) is 12.5. The van der Waals surface area contributed by atoms with E-state index in [0.717, 1.165) is 11.3 Å². The van der Waals surface area contributed by atoms with E-state index in [4.69, 9.17) is 4.42 Å². The largest absolute Gasteiger partial charge is 0.465 e. The van der Waals surface area contributed by atoms with Crippen LogP contribution in [0, 0.1) is 6.92 Å². The Kier molecular flexibility index (Phi) is 4.83. The predicted octanol–water partition coefficient (Wildman–Crippen LogP) is 2.09. The van der Waals surface area contributed by atoms with Gasteiger partial charge >= 0.3 is 11.6 Å². The van der Waals surface area contributed by atoms with Gasteiger partial charge in [0.25, 0.3) is 5.91 Å². The van der Waals surface area contributed by atoms with Gasteiger partial charge in [-0.2, -0.15) is 0 Å². The van der Waals surface area contributed by atoms with Crippen LogP contribution < -0.4 is 10.9 Å². The minimum atomic E-state index is -0.843. The Morgan fingerprint density at radius 1 is 1.42 bits per heavy atom. The van der Waals surface area contributed by atoms with Crippen LogP contribution in [0.1, 0.15) is 31.3 Å². The average Bonchev–Trinajstić information content (AvgIpc) is 3.09. The van der Waals surface area contributed by atoms with Crippen molar-refractivity contribution in [2.45, 2.75) is 13.5 Å². The molecule has 0 atom stereocenters. The van der Waals surface area contributed by atoms with Gasteiger partial charge in [0, 0.05) is 17.1 Å². The summed E-state index contributed by atoms with van der Waals surface area (Å²) in [5, 5.41) is 14.0. The highest BCUT2D eigenvalue weighted by Gasteiger charge is 2.20. The Morgan fingerprint density at radius 2 is 2.19 bits per heavy atom. The zero-order chi connectivity index (χ0) is 18.8. The second-order valence-corrected chi connectivity index (χ2v) is 6.24. The van der Waals surface area contributed by atoms with Crippen LogP contribution in [0.3, 0.4) is 0 Å². The number of carbonyl (C=O) groups excluding carboxylic acids is 2. The van der Waals surface area contributed by atoms with Crippen LogP contribution in [0.25, 0.3) is 11.0 Å². The monoisotopic (exact) mass is 374 g/mol. The van der Waals surface area contributed by atoms with E-state index < -0.39 is 17.5 Å². The Morgan fingerprint density at radius 3 is 2.88 bits per heavy atom. The standard InChI is InChI=1S/C17H14N2O6S/c1-8-13-10(9(7-20)6-18-8)5-11(16(22)25-13)15(21)19-12-3-4-26-14(12)17(23)24-2/h3-6,20H,7H2,1-2H3,(H,19,21).